The monoisotopic (exact) mass is 330 g/mol. The lowest BCUT2D eigenvalue weighted by Crippen LogP contribution is -2.50. The van der Waals surface area contributed by atoms with Gasteiger partial charge in [-0.25, -0.2) is 9.48 Å². The van der Waals surface area contributed by atoms with Crippen molar-refractivity contribution in [3.63, 3.8) is 0 Å². The number of anilines is 1. The summed E-state index contributed by atoms with van der Waals surface area (Å²) in [5, 5.41) is 17.4. The lowest BCUT2D eigenvalue weighted by molar-refractivity contribution is 0.0475. The zero-order valence-electron chi connectivity index (χ0n) is 14.1. The molecule has 0 unspecified atom stereocenters. The smallest absolute Gasteiger partial charge is 0.407 e. The van der Waals surface area contributed by atoms with Crippen LogP contribution in [0, 0.1) is 0 Å². The van der Waals surface area contributed by atoms with Crippen molar-refractivity contribution in [1.29, 1.82) is 0 Å². The fourth-order valence-corrected chi connectivity index (χ4v) is 2.55. The second-order valence-corrected chi connectivity index (χ2v) is 6.96. The summed E-state index contributed by atoms with van der Waals surface area (Å²) in [6, 6.07) is 8.40. The Morgan fingerprint density at radius 3 is 2.50 bits per heavy atom. The molecule has 8 nitrogen and oxygen atoms in total. The molecule has 1 heterocycles. The highest BCUT2D eigenvalue weighted by Crippen LogP contribution is 2.25. The fourth-order valence-electron chi connectivity index (χ4n) is 2.55. The van der Waals surface area contributed by atoms with Crippen LogP contribution in [0.4, 0.5) is 10.5 Å². The van der Waals surface area contributed by atoms with Gasteiger partial charge in [-0.3, -0.25) is 0 Å². The first kappa shape index (κ1) is 16.2. The molecule has 1 aliphatic carbocycles. The van der Waals surface area contributed by atoms with Crippen LogP contribution in [0.1, 0.15) is 33.6 Å². The zero-order chi connectivity index (χ0) is 17.2. The Morgan fingerprint density at radius 2 is 1.92 bits per heavy atom. The Kier molecular flexibility index (Phi) is 4.37. The Morgan fingerprint density at radius 1 is 1.21 bits per heavy atom. The summed E-state index contributed by atoms with van der Waals surface area (Å²) in [4.78, 5) is 11.7. The molecule has 1 aliphatic rings. The van der Waals surface area contributed by atoms with E-state index in [1.807, 2.05) is 45.0 Å². The maximum Gasteiger partial charge on any atom is 0.407 e. The Bertz CT molecular complexity index is 672. The van der Waals surface area contributed by atoms with E-state index in [0.29, 0.717) is 6.04 Å². The van der Waals surface area contributed by atoms with E-state index in [0.717, 1.165) is 24.2 Å². The van der Waals surface area contributed by atoms with E-state index in [-0.39, 0.29) is 12.1 Å². The minimum atomic E-state index is -0.465. The molecule has 0 bridgehead atoms. The summed E-state index contributed by atoms with van der Waals surface area (Å²) < 4.78 is 6.86. The van der Waals surface area contributed by atoms with E-state index >= 15 is 0 Å². The number of nitrogens with one attached hydrogen (secondary N) is 2. The van der Waals surface area contributed by atoms with Crippen molar-refractivity contribution in [2.24, 2.45) is 0 Å². The fraction of sp³-hybridized carbons (Fsp3) is 0.500. The van der Waals surface area contributed by atoms with Crippen molar-refractivity contribution in [2.75, 3.05) is 5.32 Å². The van der Waals surface area contributed by atoms with Crippen molar-refractivity contribution < 1.29 is 9.53 Å². The zero-order valence-corrected chi connectivity index (χ0v) is 14.1. The number of ether oxygens (including phenoxy) is 1. The number of carbonyl (C=O) groups is 1. The molecule has 1 amide bonds. The first-order chi connectivity index (χ1) is 11.4. The van der Waals surface area contributed by atoms with Crippen LogP contribution in [0.5, 0.6) is 0 Å². The average molecular weight is 330 g/mol. The number of hydrogen-bond acceptors (Lipinski definition) is 6. The second kappa shape index (κ2) is 6.46. The summed E-state index contributed by atoms with van der Waals surface area (Å²) in [6.45, 7) is 5.57. The topological polar surface area (TPSA) is 94.0 Å². The third-order valence-electron chi connectivity index (χ3n) is 3.71. The van der Waals surface area contributed by atoms with Gasteiger partial charge >= 0.3 is 6.09 Å². The highest BCUT2D eigenvalue weighted by molar-refractivity contribution is 5.68. The van der Waals surface area contributed by atoms with Crippen molar-refractivity contribution in [3.8, 4) is 5.69 Å². The van der Waals surface area contributed by atoms with Crippen LogP contribution in [0.2, 0.25) is 0 Å². The number of alkyl carbamates (subject to hydrolysis) is 1. The van der Waals surface area contributed by atoms with Gasteiger partial charge < -0.3 is 15.4 Å². The summed E-state index contributed by atoms with van der Waals surface area (Å²) >= 11 is 0. The molecule has 1 aromatic heterocycles. The molecule has 1 saturated carbocycles. The number of rotatable bonds is 4. The first-order valence-corrected chi connectivity index (χ1v) is 7.98. The SMILES string of the molecule is CC(C)(C)OC(=O)NC1CC(Nc2ccc(-n3cnnn3)cc2)C1. The maximum atomic E-state index is 11.7. The molecular formula is C16H22N6O2. The van der Waals surface area contributed by atoms with Gasteiger partial charge in [0.2, 0.25) is 0 Å². The van der Waals surface area contributed by atoms with Crippen molar-refractivity contribution in [3.05, 3.63) is 30.6 Å². The molecule has 1 aromatic carbocycles. The Hall–Kier alpha value is -2.64. The van der Waals surface area contributed by atoms with Gasteiger partial charge in [0.15, 0.2) is 0 Å². The summed E-state index contributed by atoms with van der Waals surface area (Å²) in [6.07, 6.45) is 2.97. The number of carbonyl (C=O) groups excluding carboxylic acids is 1. The molecule has 0 saturated heterocycles. The molecule has 128 valence electrons. The van der Waals surface area contributed by atoms with Crippen molar-refractivity contribution in [1.82, 2.24) is 25.5 Å². The standard InChI is InChI=1S/C16H22N6O2/c1-16(2,3)24-15(23)19-13-8-12(9-13)18-11-4-6-14(7-5-11)22-10-17-20-21-22/h4-7,10,12-13,18H,8-9H2,1-3H3,(H,19,23). The van der Waals surface area contributed by atoms with E-state index < -0.39 is 5.60 Å². The Labute approximate surface area is 140 Å². The van der Waals surface area contributed by atoms with Crippen LogP contribution in [-0.4, -0.2) is 44.0 Å². The number of hydrogen-bond donors (Lipinski definition) is 2. The average Bonchev–Trinajstić information content (AvgIpc) is 2.98. The van der Waals surface area contributed by atoms with E-state index in [9.17, 15) is 4.79 Å². The van der Waals surface area contributed by atoms with Crippen LogP contribution in [-0.2, 0) is 4.74 Å². The number of amides is 1. The summed E-state index contributed by atoms with van der Waals surface area (Å²) in [5.41, 5.74) is 1.48. The van der Waals surface area contributed by atoms with Crippen LogP contribution in [0.3, 0.4) is 0 Å². The first-order valence-electron chi connectivity index (χ1n) is 7.98. The lowest BCUT2D eigenvalue weighted by atomic mass is 9.86. The molecule has 0 spiro atoms. The quantitative estimate of drug-likeness (QED) is 0.892. The predicted octanol–water partition coefficient (Wildman–Crippen LogP) is 2.13. The molecule has 0 atom stereocenters. The second-order valence-electron chi connectivity index (χ2n) is 6.96. The third-order valence-corrected chi connectivity index (χ3v) is 3.71. The van der Waals surface area contributed by atoms with E-state index in [1.165, 1.54) is 0 Å². The minimum Gasteiger partial charge on any atom is -0.444 e. The molecule has 3 rings (SSSR count). The normalized spacial score (nSPS) is 20.1. The molecular weight excluding hydrogens is 308 g/mol. The predicted molar refractivity (Wildman–Crippen MR) is 89.0 cm³/mol. The molecule has 1 fully saturated rings. The molecule has 2 N–H and O–H groups in total. The van der Waals surface area contributed by atoms with Crippen LogP contribution in [0.15, 0.2) is 30.6 Å². The number of tetrazole rings is 1. The maximum absolute atomic E-state index is 11.7. The van der Waals surface area contributed by atoms with Gasteiger partial charge in [0.25, 0.3) is 0 Å². The molecule has 2 aromatic rings. The van der Waals surface area contributed by atoms with Gasteiger partial charge in [0.05, 0.1) is 5.69 Å². The van der Waals surface area contributed by atoms with E-state index in [2.05, 4.69) is 26.2 Å². The lowest BCUT2D eigenvalue weighted by Gasteiger charge is -2.37. The van der Waals surface area contributed by atoms with E-state index in [4.69, 9.17) is 4.74 Å². The molecule has 8 heteroatoms. The van der Waals surface area contributed by atoms with Crippen LogP contribution < -0.4 is 10.6 Å². The van der Waals surface area contributed by atoms with E-state index in [1.54, 1.807) is 11.0 Å². The van der Waals surface area contributed by atoms with Crippen molar-refractivity contribution >= 4 is 11.8 Å². The van der Waals surface area contributed by atoms with Gasteiger partial charge in [0, 0.05) is 17.8 Å². The largest absolute Gasteiger partial charge is 0.444 e. The van der Waals surface area contributed by atoms with Crippen LogP contribution >= 0.6 is 0 Å². The van der Waals surface area contributed by atoms with Gasteiger partial charge in [-0.15, -0.1) is 5.10 Å². The van der Waals surface area contributed by atoms with Crippen LogP contribution in [0.25, 0.3) is 5.69 Å². The van der Waals surface area contributed by atoms with Gasteiger partial charge in [-0.2, -0.15) is 0 Å². The van der Waals surface area contributed by atoms with Gasteiger partial charge in [-0.05, 0) is 68.3 Å². The number of aromatic nitrogens is 4. The Balaban J connectivity index is 1.43. The van der Waals surface area contributed by atoms with Gasteiger partial charge in [0.1, 0.15) is 11.9 Å². The van der Waals surface area contributed by atoms with Crippen molar-refractivity contribution in [2.45, 2.75) is 51.3 Å². The highest BCUT2D eigenvalue weighted by Gasteiger charge is 2.31. The molecule has 24 heavy (non-hydrogen) atoms. The number of nitrogens with zero attached hydrogens (tertiary/aromatic N) is 4. The summed E-state index contributed by atoms with van der Waals surface area (Å²) in [5.74, 6) is 0. The van der Waals surface area contributed by atoms with Gasteiger partial charge in [-0.1, -0.05) is 0 Å². The molecule has 0 radical (unpaired) electrons. The molecule has 0 aliphatic heterocycles. The highest BCUT2D eigenvalue weighted by atomic mass is 16.6. The third kappa shape index (κ3) is 4.21. The summed E-state index contributed by atoms with van der Waals surface area (Å²) in [7, 11) is 0. The minimum absolute atomic E-state index is 0.165. The number of benzene rings is 1.